The maximum Gasteiger partial charge on any atom is 0.337 e. The number of β-amino-alcohol motifs (C(OH)–C–C–N with tert-alkyl or cyclic N) is 1. The Kier molecular flexibility index (Phi) is 11.4. The summed E-state index contributed by atoms with van der Waals surface area (Å²) in [4.78, 5) is 41.8. The summed E-state index contributed by atoms with van der Waals surface area (Å²) in [5, 5.41) is 25.1. The Morgan fingerprint density at radius 1 is 1.07 bits per heavy atom. The molecule has 0 atom stereocenters. The first-order chi connectivity index (χ1) is 21.2. The minimum Gasteiger partial charge on any atom is -0.508 e. The molecule has 4 N–H and O–H groups in total. The van der Waals surface area contributed by atoms with E-state index in [1.54, 1.807) is 6.07 Å². The predicted molar refractivity (Wildman–Crippen MR) is 171 cm³/mol. The highest BCUT2D eigenvalue weighted by Crippen LogP contribution is 2.28. The van der Waals surface area contributed by atoms with Gasteiger partial charge >= 0.3 is 5.97 Å². The molecule has 4 aromatic rings. The van der Waals surface area contributed by atoms with Crippen molar-refractivity contribution in [3.8, 4) is 5.75 Å². The van der Waals surface area contributed by atoms with Gasteiger partial charge in [-0.05, 0) is 49.7 Å². The van der Waals surface area contributed by atoms with E-state index in [1.807, 2.05) is 32.0 Å². The van der Waals surface area contributed by atoms with E-state index in [4.69, 9.17) is 21.8 Å². The first kappa shape index (κ1) is 32.6. The number of amides is 1. The molecule has 1 aliphatic heterocycles. The molecule has 44 heavy (non-hydrogen) atoms. The van der Waals surface area contributed by atoms with Gasteiger partial charge in [-0.25, -0.2) is 19.7 Å². The fourth-order valence-corrected chi connectivity index (χ4v) is 5.33. The van der Waals surface area contributed by atoms with E-state index in [-0.39, 0.29) is 18.3 Å². The van der Waals surface area contributed by atoms with Crippen LogP contribution in [0.1, 0.15) is 31.4 Å². The van der Waals surface area contributed by atoms with Gasteiger partial charge in [0.25, 0.3) is 5.91 Å². The van der Waals surface area contributed by atoms with Crippen LogP contribution in [0.4, 0.5) is 22.5 Å². The van der Waals surface area contributed by atoms with Gasteiger partial charge in [0.1, 0.15) is 28.1 Å². The Balaban J connectivity index is 0.000000339. The Labute approximate surface area is 264 Å². The van der Waals surface area contributed by atoms with Gasteiger partial charge in [0.2, 0.25) is 0 Å². The highest BCUT2D eigenvalue weighted by molar-refractivity contribution is 7.17. The fraction of sp³-hybridized carbons (Fsp3) is 0.300. The number of nitrogens with one attached hydrogen (secondary N) is 2. The quantitative estimate of drug-likeness (QED) is 0.202. The van der Waals surface area contributed by atoms with E-state index in [9.17, 15) is 9.59 Å². The van der Waals surface area contributed by atoms with E-state index in [0.29, 0.717) is 44.5 Å². The fourth-order valence-electron chi connectivity index (χ4n) is 4.35. The number of thiazole rings is 1. The van der Waals surface area contributed by atoms with Crippen LogP contribution in [0.3, 0.4) is 0 Å². The number of carbonyl (C=O) groups excluding carboxylic acids is 2. The lowest BCUT2D eigenvalue weighted by Crippen LogP contribution is -2.47. The Morgan fingerprint density at radius 2 is 1.80 bits per heavy atom. The highest BCUT2D eigenvalue weighted by atomic mass is 35.5. The number of carbonyl (C=O) groups is 2. The maximum atomic E-state index is 12.7. The number of aliphatic hydroxyl groups excluding tert-OH is 1. The lowest BCUT2D eigenvalue weighted by molar-refractivity contribution is 0.0600. The molecule has 2 aromatic heterocycles. The van der Waals surface area contributed by atoms with Gasteiger partial charge in [0.05, 0.1) is 36.2 Å². The lowest BCUT2D eigenvalue weighted by Gasteiger charge is -2.35. The van der Waals surface area contributed by atoms with Crippen LogP contribution < -0.4 is 15.5 Å². The van der Waals surface area contributed by atoms with Crippen LogP contribution in [0.2, 0.25) is 5.02 Å². The van der Waals surface area contributed by atoms with Crippen LogP contribution >= 0.6 is 22.9 Å². The third kappa shape index (κ3) is 8.86. The number of aryl methyl sites for hydroxylation is 2. The number of hydrogen-bond donors (Lipinski definition) is 4. The number of piperazine rings is 1. The minimum absolute atomic E-state index is 0.137. The van der Waals surface area contributed by atoms with Crippen molar-refractivity contribution < 1.29 is 24.5 Å². The second kappa shape index (κ2) is 15.4. The van der Waals surface area contributed by atoms with Gasteiger partial charge in [-0.1, -0.05) is 35.1 Å². The zero-order chi connectivity index (χ0) is 31.6. The number of hydrogen-bond acceptors (Lipinski definition) is 12. The number of nitrogens with zero attached hydrogens (tertiary/aromatic N) is 5. The van der Waals surface area contributed by atoms with E-state index < -0.39 is 5.97 Å². The number of rotatable bonds is 8. The van der Waals surface area contributed by atoms with Crippen LogP contribution in [0, 0.1) is 13.8 Å². The zero-order valence-corrected chi connectivity index (χ0v) is 26.2. The summed E-state index contributed by atoms with van der Waals surface area (Å²) in [6.07, 6.45) is 1.53. The van der Waals surface area contributed by atoms with Gasteiger partial charge in [-0.15, -0.1) is 0 Å². The number of methoxy groups -OCH3 is 1. The number of aromatic nitrogens is 3. The van der Waals surface area contributed by atoms with Crippen molar-refractivity contribution in [2.45, 2.75) is 13.8 Å². The number of para-hydroxylation sites is 1. The molecule has 12 nitrogen and oxygen atoms in total. The standard InChI is InChI=1S/C22H26ClN7O2S.C8H8O3/c1-14-4-3-5-16(23)20(14)28-21(32)17-13-24-22(33-17)27-18-12-19(26-15(2)25-18)30-8-6-29(7-9-30)10-11-31;1-11-8(10)6-2-4-7(9)5-3-6/h3-5,12-13,31H,6-11H2,1-2H3,(H,28,32)(H,24,25,26,27);2-5,9H,1H3. The van der Waals surface area contributed by atoms with Crippen molar-refractivity contribution in [3.63, 3.8) is 0 Å². The molecule has 1 amide bonds. The van der Waals surface area contributed by atoms with Gasteiger partial charge in [0.15, 0.2) is 5.13 Å². The Bertz CT molecular complexity index is 1560. The van der Waals surface area contributed by atoms with Crippen molar-refractivity contribution in [2.75, 3.05) is 62.0 Å². The van der Waals surface area contributed by atoms with Crippen molar-refractivity contribution >= 4 is 57.3 Å². The summed E-state index contributed by atoms with van der Waals surface area (Å²) < 4.78 is 4.46. The van der Waals surface area contributed by atoms with E-state index >= 15 is 0 Å². The summed E-state index contributed by atoms with van der Waals surface area (Å²) in [6.45, 7) is 8.03. The molecule has 1 aliphatic rings. The molecule has 14 heteroatoms. The molecule has 0 bridgehead atoms. The SMILES string of the molecule is COC(=O)c1ccc(O)cc1.Cc1nc(Nc2ncc(C(=O)Nc3c(C)cccc3Cl)s2)cc(N2CCN(CCO)CC2)n1. The van der Waals surface area contributed by atoms with Crippen molar-refractivity contribution in [1.29, 1.82) is 0 Å². The molecule has 5 rings (SSSR count). The van der Waals surface area contributed by atoms with E-state index in [0.717, 1.165) is 37.6 Å². The number of anilines is 4. The van der Waals surface area contributed by atoms with E-state index in [2.05, 4.69) is 40.1 Å². The summed E-state index contributed by atoms with van der Waals surface area (Å²) in [6, 6.07) is 13.2. The predicted octanol–water partition coefficient (Wildman–Crippen LogP) is 4.49. The molecular formula is C30H34ClN7O5S. The number of benzene rings is 2. The molecule has 0 aliphatic carbocycles. The van der Waals surface area contributed by atoms with Gasteiger partial charge in [0, 0.05) is 38.8 Å². The lowest BCUT2D eigenvalue weighted by atomic mass is 10.2. The second-order valence-electron chi connectivity index (χ2n) is 9.79. The van der Waals surface area contributed by atoms with Crippen molar-refractivity contribution in [3.05, 3.63) is 81.6 Å². The normalized spacial score (nSPS) is 13.1. The summed E-state index contributed by atoms with van der Waals surface area (Å²) in [5.41, 5.74) is 1.92. The Morgan fingerprint density at radius 3 is 2.45 bits per heavy atom. The van der Waals surface area contributed by atoms with Gasteiger partial charge < -0.3 is 30.5 Å². The first-order valence-electron chi connectivity index (χ1n) is 13.8. The smallest absolute Gasteiger partial charge is 0.337 e. The molecule has 232 valence electrons. The molecule has 0 unspecified atom stereocenters. The summed E-state index contributed by atoms with van der Waals surface area (Å²) >= 11 is 7.46. The maximum absolute atomic E-state index is 12.7. The third-order valence-corrected chi connectivity index (χ3v) is 7.88. The van der Waals surface area contributed by atoms with Gasteiger partial charge in [-0.3, -0.25) is 9.69 Å². The van der Waals surface area contributed by atoms with Crippen LogP contribution in [-0.2, 0) is 4.74 Å². The summed E-state index contributed by atoms with van der Waals surface area (Å²) in [7, 11) is 1.31. The molecule has 1 saturated heterocycles. The van der Waals surface area contributed by atoms with Crippen molar-refractivity contribution in [1.82, 2.24) is 19.9 Å². The molecule has 3 heterocycles. The molecule has 0 spiro atoms. The Hall–Kier alpha value is -4.30. The largest absolute Gasteiger partial charge is 0.508 e. The average molecular weight is 640 g/mol. The summed E-state index contributed by atoms with van der Waals surface area (Å²) in [5.74, 6) is 1.59. The number of halogens is 1. The number of ether oxygens (including phenoxy) is 1. The average Bonchev–Trinajstić information content (AvgIpc) is 3.48. The van der Waals surface area contributed by atoms with Gasteiger partial charge in [-0.2, -0.15) is 0 Å². The van der Waals surface area contributed by atoms with Crippen LogP contribution in [0.25, 0.3) is 0 Å². The topological polar surface area (TPSA) is 153 Å². The molecule has 0 saturated carbocycles. The third-order valence-electron chi connectivity index (χ3n) is 6.65. The number of phenols is 1. The second-order valence-corrected chi connectivity index (χ2v) is 11.2. The molecular weight excluding hydrogens is 606 g/mol. The zero-order valence-electron chi connectivity index (χ0n) is 24.6. The molecule has 0 radical (unpaired) electrons. The van der Waals surface area contributed by atoms with Crippen LogP contribution in [0.15, 0.2) is 54.7 Å². The van der Waals surface area contributed by atoms with Crippen LogP contribution in [0.5, 0.6) is 5.75 Å². The first-order valence-corrected chi connectivity index (χ1v) is 15.0. The van der Waals surface area contributed by atoms with Crippen LogP contribution in [-0.4, -0.2) is 88.4 Å². The number of aromatic hydroxyl groups is 1. The monoisotopic (exact) mass is 639 g/mol. The van der Waals surface area contributed by atoms with Crippen molar-refractivity contribution in [2.24, 2.45) is 0 Å². The molecule has 1 fully saturated rings. The molecule has 2 aromatic carbocycles. The number of aliphatic hydroxyl groups is 1. The number of esters is 1. The number of phenolic OH excluding ortho intramolecular Hbond substituents is 1. The highest BCUT2D eigenvalue weighted by Gasteiger charge is 2.19. The van der Waals surface area contributed by atoms with E-state index in [1.165, 1.54) is 48.9 Å². The minimum atomic E-state index is -0.398.